The minimum atomic E-state index is -0.506. The summed E-state index contributed by atoms with van der Waals surface area (Å²) in [5, 5.41) is 0. The number of fused-ring (bicyclic) bond motifs is 1. The van der Waals surface area contributed by atoms with Gasteiger partial charge in [0.2, 0.25) is 0 Å². The summed E-state index contributed by atoms with van der Waals surface area (Å²) in [7, 11) is 0. The van der Waals surface area contributed by atoms with Gasteiger partial charge in [0, 0.05) is 30.7 Å². The quantitative estimate of drug-likeness (QED) is 0.600. The van der Waals surface area contributed by atoms with Crippen molar-refractivity contribution in [3.8, 4) is 11.1 Å². The van der Waals surface area contributed by atoms with Crippen LogP contribution in [0.3, 0.4) is 0 Å². The molecule has 3 heterocycles. The van der Waals surface area contributed by atoms with E-state index in [1.54, 1.807) is 24.7 Å². The van der Waals surface area contributed by atoms with Gasteiger partial charge in [-0.2, -0.15) is 0 Å². The van der Waals surface area contributed by atoms with Crippen molar-refractivity contribution in [3.63, 3.8) is 0 Å². The highest BCUT2D eigenvalue weighted by molar-refractivity contribution is 6.52. The molecule has 1 amide bonds. The van der Waals surface area contributed by atoms with Crippen LogP contribution in [0.5, 0.6) is 0 Å². The molecule has 0 atom stereocenters. The van der Waals surface area contributed by atoms with Crippen LogP contribution >= 0.6 is 24.8 Å². The van der Waals surface area contributed by atoms with Gasteiger partial charge in [-0.25, -0.2) is 0 Å². The van der Waals surface area contributed by atoms with Crippen molar-refractivity contribution >= 4 is 48.3 Å². The SMILES string of the molecule is Cl.Cl.O=C1C(=O)N(C/C=C/c2ccccn2)c2ccc(-c3cccnc3)cc21. The highest BCUT2D eigenvalue weighted by Crippen LogP contribution is 2.32. The molecule has 1 aliphatic rings. The lowest BCUT2D eigenvalue weighted by molar-refractivity contribution is -0.114. The van der Waals surface area contributed by atoms with Crippen LogP contribution < -0.4 is 4.90 Å². The van der Waals surface area contributed by atoms with Crippen LogP contribution in [0.4, 0.5) is 5.69 Å². The lowest BCUT2D eigenvalue weighted by Crippen LogP contribution is -2.29. The van der Waals surface area contributed by atoms with Crippen molar-refractivity contribution in [2.75, 3.05) is 11.4 Å². The molecule has 2 aromatic heterocycles. The lowest BCUT2D eigenvalue weighted by Gasteiger charge is -2.14. The number of halogens is 2. The van der Waals surface area contributed by atoms with Gasteiger partial charge in [-0.15, -0.1) is 24.8 Å². The second-order valence-electron chi connectivity index (χ2n) is 5.88. The van der Waals surface area contributed by atoms with E-state index in [1.165, 1.54) is 4.90 Å². The van der Waals surface area contributed by atoms with Gasteiger partial charge in [0.1, 0.15) is 0 Å². The Morgan fingerprint density at radius 1 is 0.929 bits per heavy atom. The first kappa shape index (κ1) is 21.3. The van der Waals surface area contributed by atoms with Crippen LogP contribution in [0.1, 0.15) is 16.1 Å². The first-order chi connectivity index (χ1) is 12.7. The second-order valence-corrected chi connectivity index (χ2v) is 5.88. The Morgan fingerprint density at radius 2 is 1.79 bits per heavy atom. The number of hydrogen-bond donors (Lipinski definition) is 0. The summed E-state index contributed by atoms with van der Waals surface area (Å²) in [5.41, 5.74) is 3.64. The van der Waals surface area contributed by atoms with Crippen LogP contribution in [-0.4, -0.2) is 28.2 Å². The number of pyridine rings is 2. The average molecular weight is 414 g/mol. The summed E-state index contributed by atoms with van der Waals surface area (Å²) in [5.74, 6) is -0.981. The molecule has 0 radical (unpaired) electrons. The molecule has 5 nitrogen and oxygen atoms in total. The summed E-state index contributed by atoms with van der Waals surface area (Å²) < 4.78 is 0. The van der Waals surface area contributed by atoms with E-state index in [2.05, 4.69) is 9.97 Å². The number of aromatic nitrogens is 2. The molecule has 0 unspecified atom stereocenters. The third-order valence-electron chi connectivity index (χ3n) is 4.23. The highest BCUT2D eigenvalue weighted by Gasteiger charge is 2.35. The van der Waals surface area contributed by atoms with Gasteiger partial charge in [0.05, 0.1) is 16.9 Å². The summed E-state index contributed by atoms with van der Waals surface area (Å²) >= 11 is 0. The normalized spacial score (nSPS) is 12.5. The van der Waals surface area contributed by atoms with Crippen LogP contribution in [0, 0.1) is 0 Å². The first-order valence-corrected chi connectivity index (χ1v) is 8.22. The average Bonchev–Trinajstić information content (AvgIpc) is 2.94. The highest BCUT2D eigenvalue weighted by atomic mass is 35.5. The number of rotatable bonds is 4. The molecule has 0 aliphatic carbocycles. The molecule has 0 fully saturated rings. The fraction of sp³-hybridized carbons (Fsp3) is 0.0476. The third kappa shape index (κ3) is 4.11. The number of anilines is 1. The van der Waals surface area contributed by atoms with E-state index in [-0.39, 0.29) is 24.8 Å². The number of ketones is 1. The van der Waals surface area contributed by atoms with Crippen molar-refractivity contribution in [1.29, 1.82) is 0 Å². The zero-order chi connectivity index (χ0) is 17.9. The number of carbonyl (C=O) groups excluding carboxylic acids is 2. The Balaban J connectivity index is 0.00000140. The maximum absolute atomic E-state index is 12.4. The molecule has 4 rings (SSSR count). The van der Waals surface area contributed by atoms with Gasteiger partial charge < -0.3 is 4.90 Å². The van der Waals surface area contributed by atoms with Crippen molar-refractivity contribution in [3.05, 3.63) is 84.5 Å². The molecule has 0 bridgehead atoms. The maximum atomic E-state index is 12.4. The minimum absolute atomic E-state index is 0. The van der Waals surface area contributed by atoms with Gasteiger partial charge in [-0.05, 0) is 42.0 Å². The number of amides is 1. The van der Waals surface area contributed by atoms with E-state index < -0.39 is 11.7 Å². The largest absolute Gasteiger partial charge is 0.301 e. The third-order valence-corrected chi connectivity index (χ3v) is 4.23. The zero-order valence-corrected chi connectivity index (χ0v) is 16.3. The Hall–Kier alpha value is -3.02. The molecule has 0 saturated heterocycles. The smallest absolute Gasteiger partial charge is 0.299 e. The van der Waals surface area contributed by atoms with E-state index in [9.17, 15) is 9.59 Å². The van der Waals surface area contributed by atoms with E-state index in [0.717, 1.165) is 16.8 Å². The Labute approximate surface area is 175 Å². The van der Waals surface area contributed by atoms with E-state index in [4.69, 9.17) is 0 Å². The van der Waals surface area contributed by atoms with Gasteiger partial charge in [-0.1, -0.05) is 24.3 Å². The zero-order valence-electron chi connectivity index (χ0n) is 14.7. The molecule has 1 aliphatic heterocycles. The van der Waals surface area contributed by atoms with E-state index in [0.29, 0.717) is 17.8 Å². The predicted octanol–water partition coefficient (Wildman–Crippen LogP) is 4.23. The van der Waals surface area contributed by atoms with Crippen LogP contribution in [0.2, 0.25) is 0 Å². The standard InChI is InChI=1S/C21H15N3O2.2ClH/c25-20-18-13-15(16-5-3-10-22-14-16)8-9-19(18)24(21(20)26)12-4-7-17-6-1-2-11-23-17;;/h1-11,13-14H,12H2;2*1H/b7-4+;;. The molecule has 7 heteroatoms. The summed E-state index contributed by atoms with van der Waals surface area (Å²) in [4.78, 5) is 34.5. The van der Waals surface area contributed by atoms with Crippen LogP contribution in [0.25, 0.3) is 17.2 Å². The molecule has 28 heavy (non-hydrogen) atoms. The summed E-state index contributed by atoms with van der Waals surface area (Å²) in [6, 6.07) is 14.8. The van der Waals surface area contributed by atoms with Crippen molar-refractivity contribution < 1.29 is 9.59 Å². The molecule has 0 spiro atoms. The van der Waals surface area contributed by atoms with Crippen LogP contribution in [0.15, 0.2) is 73.2 Å². The minimum Gasteiger partial charge on any atom is -0.301 e. The van der Waals surface area contributed by atoms with Gasteiger partial charge in [0.25, 0.3) is 11.7 Å². The molecule has 0 N–H and O–H groups in total. The topological polar surface area (TPSA) is 63.2 Å². The number of carbonyl (C=O) groups is 2. The molecule has 3 aromatic rings. The van der Waals surface area contributed by atoms with Crippen molar-refractivity contribution in [2.45, 2.75) is 0 Å². The molecular weight excluding hydrogens is 397 g/mol. The lowest BCUT2D eigenvalue weighted by atomic mass is 10.0. The number of nitrogens with zero attached hydrogens (tertiary/aromatic N) is 3. The van der Waals surface area contributed by atoms with Gasteiger partial charge >= 0.3 is 0 Å². The second kappa shape index (κ2) is 9.26. The predicted molar refractivity (Wildman–Crippen MR) is 114 cm³/mol. The molecule has 1 aromatic carbocycles. The Morgan fingerprint density at radius 3 is 2.50 bits per heavy atom. The fourth-order valence-corrected chi connectivity index (χ4v) is 2.95. The molecule has 142 valence electrons. The van der Waals surface area contributed by atoms with E-state index in [1.807, 2.05) is 54.6 Å². The summed E-state index contributed by atoms with van der Waals surface area (Å²) in [6.07, 6.45) is 8.80. The number of benzene rings is 1. The van der Waals surface area contributed by atoms with Gasteiger partial charge in [-0.3, -0.25) is 19.6 Å². The van der Waals surface area contributed by atoms with Gasteiger partial charge in [0.15, 0.2) is 0 Å². The monoisotopic (exact) mass is 413 g/mol. The van der Waals surface area contributed by atoms with E-state index >= 15 is 0 Å². The molecule has 0 saturated carbocycles. The Bertz CT molecular complexity index is 1010. The number of hydrogen-bond acceptors (Lipinski definition) is 4. The fourth-order valence-electron chi connectivity index (χ4n) is 2.95. The summed E-state index contributed by atoms with van der Waals surface area (Å²) in [6.45, 7) is 0.320. The van der Waals surface area contributed by atoms with Crippen molar-refractivity contribution in [2.24, 2.45) is 0 Å². The maximum Gasteiger partial charge on any atom is 0.299 e. The molecular formula is C21H17Cl2N3O2. The number of Topliss-reactive ketones (excluding diaryl/α,β-unsaturated/α-hetero) is 1. The first-order valence-electron chi connectivity index (χ1n) is 8.22. The Kier molecular flexibility index (Phi) is 7.04. The van der Waals surface area contributed by atoms with Crippen LogP contribution in [-0.2, 0) is 4.79 Å². The van der Waals surface area contributed by atoms with Crippen molar-refractivity contribution in [1.82, 2.24) is 9.97 Å².